The first kappa shape index (κ1) is 20.1. The Morgan fingerprint density at radius 1 is 1.15 bits per heavy atom. The van der Waals surface area contributed by atoms with Crippen LogP contribution < -0.4 is 19.7 Å². The second-order valence-corrected chi connectivity index (χ2v) is 6.69. The van der Waals surface area contributed by atoms with E-state index in [1.807, 2.05) is 44.3 Å². The summed E-state index contributed by atoms with van der Waals surface area (Å²) in [7, 11) is 5.26. The third-order valence-electron chi connectivity index (χ3n) is 4.48. The Labute approximate surface area is 159 Å². The van der Waals surface area contributed by atoms with E-state index in [4.69, 9.17) is 21.1 Å². The number of rotatable bonds is 8. The molecule has 0 radical (unpaired) electrons. The average molecular weight is 378 g/mol. The van der Waals surface area contributed by atoms with Gasteiger partial charge >= 0.3 is 0 Å². The first-order valence-corrected chi connectivity index (χ1v) is 8.92. The zero-order valence-electron chi connectivity index (χ0n) is 15.6. The van der Waals surface area contributed by atoms with Crippen molar-refractivity contribution >= 4 is 23.2 Å². The number of nitrogens with one attached hydrogen (secondary N) is 2. The van der Waals surface area contributed by atoms with Crippen molar-refractivity contribution in [2.75, 3.05) is 33.1 Å². The van der Waals surface area contributed by atoms with E-state index in [9.17, 15) is 4.79 Å². The van der Waals surface area contributed by atoms with Crippen molar-refractivity contribution in [3.63, 3.8) is 0 Å². The summed E-state index contributed by atoms with van der Waals surface area (Å²) in [6.07, 6.45) is 0.834. The van der Waals surface area contributed by atoms with Crippen LogP contribution in [0.5, 0.6) is 11.5 Å². The highest BCUT2D eigenvalue weighted by Gasteiger charge is 2.21. The van der Waals surface area contributed by atoms with Crippen LogP contribution in [0, 0.1) is 0 Å². The van der Waals surface area contributed by atoms with E-state index < -0.39 is 0 Å². The van der Waals surface area contributed by atoms with E-state index in [1.165, 1.54) is 0 Å². The fourth-order valence-corrected chi connectivity index (χ4v) is 2.82. The monoisotopic (exact) mass is 377 g/mol. The number of amides is 1. The molecule has 2 N–H and O–H groups in total. The zero-order valence-corrected chi connectivity index (χ0v) is 16.4. The van der Waals surface area contributed by atoms with Gasteiger partial charge in [-0.3, -0.25) is 4.79 Å². The van der Waals surface area contributed by atoms with Gasteiger partial charge in [-0.1, -0.05) is 23.7 Å². The normalized spacial score (nSPS) is 13.0. The third kappa shape index (κ3) is 5.38. The Bertz CT molecular complexity index is 752. The second kappa shape index (κ2) is 9.46. The molecule has 2 aromatic carbocycles. The number of hydrogen-bond donors (Lipinski definition) is 2. The standard InChI is InChI=1S/C20H25ClN2O3/c1-14(20(24)22-17-7-5-6-16(21)13-17)23(2)11-10-15-8-9-18(25-3)19(12-15)26-4/h5-9,12-14H,10-11H2,1-4H3,(H,22,24)/p+1/t14-/m1/s1. The molecule has 5 nitrogen and oxygen atoms in total. The Balaban J connectivity index is 1.92. The largest absolute Gasteiger partial charge is 0.493 e. The lowest BCUT2D eigenvalue weighted by Gasteiger charge is -2.21. The Kier molecular flexibility index (Phi) is 7.30. The van der Waals surface area contributed by atoms with Crippen LogP contribution in [0.4, 0.5) is 5.69 Å². The molecule has 0 saturated carbocycles. The molecule has 0 saturated heterocycles. The summed E-state index contributed by atoms with van der Waals surface area (Å²) in [6.45, 7) is 2.74. The molecular formula is C20H26ClN2O3+. The van der Waals surface area contributed by atoms with Gasteiger partial charge in [-0.05, 0) is 42.8 Å². The first-order valence-electron chi connectivity index (χ1n) is 8.54. The maximum atomic E-state index is 12.4. The van der Waals surface area contributed by atoms with Crippen LogP contribution in [0.15, 0.2) is 42.5 Å². The molecule has 6 heteroatoms. The van der Waals surface area contributed by atoms with Crippen LogP contribution in [0.1, 0.15) is 12.5 Å². The lowest BCUT2D eigenvalue weighted by Crippen LogP contribution is -3.14. The molecule has 0 aliphatic carbocycles. The van der Waals surface area contributed by atoms with Crippen molar-refractivity contribution in [3.05, 3.63) is 53.1 Å². The molecule has 0 heterocycles. The molecule has 26 heavy (non-hydrogen) atoms. The van der Waals surface area contributed by atoms with Crippen LogP contribution in [0.25, 0.3) is 0 Å². The van der Waals surface area contributed by atoms with Crippen LogP contribution in [-0.2, 0) is 11.2 Å². The van der Waals surface area contributed by atoms with Gasteiger partial charge in [-0.15, -0.1) is 0 Å². The van der Waals surface area contributed by atoms with Gasteiger partial charge in [0.1, 0.15) is 0 Å². The summed E-state index contributed by atoms with van der Waals surface area (Å²) in [5, 5.41) is 3.52. The van der Waals surface area contributed by atoms with Crippen molar-refractivity contribution in [2.24, 2.45) is 0 Å². The van der Waals surface area contributed by atoms with Crippen molar-refractivity contribution in [1.82, 2.24) is 0 Å². The number of carbonyl (C=O) groups is 1. The molecule has 2 atom stereocenters. The van der Waals surface area contributed by atoms with Crippen LogP contribution in [0.2, 0.25) is 5.02 Å². The Morgan fingerprint density at radius 2 is 1.88 bits per heavy atom. The number of anilines is 1. The minimum absolute atomic E-state index is 0.0305. The number of carbonyl (C=O) groups excluding carboxylic acids is 1. The number of quaternary nitrogens is 1. The fourth-order valence-electron chi connectivity index (χ4n) is 2.63. The maximum Gasteiger partial charge on any atom is 0.282 e. The lowest BCUT2D eigenvalue weighted by atomic mass is 10.1. The topological polar surface area (TPSA) is 52.0 Å². The summed E-state index contributed by atoms with van der Waals surface area (Å²) in [5.41, 5.74) is 1.85. The highest BCUT2D eigenvalue weighted by molar-refractivity contribution is 6.30. The van der Waals surface area contributed by atoms with E-state index in [-0.39, 0.29) is 11.9 Å². The fraction of sp³-hybridized carbons (Fsp3) is 0.350. The molecule has 0 aliphatic rings. The molecule has 0 spiro atoms. The van der Waals surface area contributed by atoms with E-state index in [1.54, 1.807) is 26.4 Å². The summed E-state index contributed by atoms with van der Waals surface area (Å²) >= 11 is 5.96. The molecule has 2 rings (SSSR count). The number of halogens is 1. The lowest BCUT2D eigenvalue weighted by molar-refractivity contribution is -0.893. The summed E-state index contributed by atoms with van der Waals surface area (Å²) in [4.78, 5) is 13.6. The highest BCUT2D eigenvalue weighted by Crippen LogP contribution is 2.27. The van der Waals surface area contributed by atoms with Gasteiger partial charge in [0, 0.05) is 17.1 Å². The number of ether oxygens (including phenoxy) is 2. The molecule has 2 aromatic rings. The SMILES string of the molecule is COc1ccc(CC[NH+](C)[C@H](C)C(=O)Nc2cccc(Cl)c2)cc1OC. The first-order chi connectivity index (χ1) is 12.4. The second-order valence-electron chi connectivity index (χ2n) is 6.26. The van der Waals surface area contributed by atoms with Crippen molar-refractivity contribution in [2.45, 2.75) is 19.4 Å². The van der Waals surface area contributed by atoms with Gasteiger partial charge in [0.15, 0.2) is 17.5 Å². The van der Waals surface area contributed by atoms with Crippen LogP contribution >= 0.6 is 11.6 Å². The predicted molar refractivity (Wildman–Crippen MR) is 105 cm³/mol. The van der Waals surface area contributed by atoms with E-state index in [0.29, 0.717) is 16.5 Å². The summed E-state index contributed by atoms with van der Waals surface area (Å²) in [6, 6.07) is 12.9. The Morgan fingerprint density at radius 3 is 2.54 bits per heavy atom. The molecule has 1 amide bonds. The quantitative estimate of drug-likeness (QED) is 0.743. The number of likely N-dealkylation sites (N-methyl/N-ethyl adjacent to an activating group) is 1. The molecule has 0 aliphatic heterocycles. The number of hydrogen-bond acceptors (Lipinski definition) is 3. The predicted octanol–water partition coefficient (Wildman–Crippen LogP) is 2.44. The van der Waals surface area contributed by atoms with Gasteiger partial charge in [0.05, 0.1) is 27.8 Å². The molecule has 0 fully saturated rings. The molecule has 1 unspecified atom stereocenters. The van der Waals surface area contributed by atoms with Gasteiger partial charge in [0.25, 0.3) is 5.91 Å². The number of methoxy groups -OCH3 is 2. The van der Waals surface area contributed by atoms with Crippen LogP contribution in [0.3, 0.4) is 0 Å². The smallest absolute Gasteiger partial charge is 0.282 e. The average Bonchev–Trinajstić information content (AvgIpc) is 2.65. The van der Waals surface area contributed by atoms with E-state index in [2.05, 4.69) is 5.32 Å². The zero-order chi connectivity index (χ0) is 19.1. The summed E-state index contributed by atoms with van der Waals surface area (Å²) in [5.74, 6) is 1.40. The minimum Gasteiger partial charge on any atom is -0.493 e. The van der Waals surface area contributed by atoms with Gasteiger partial charge in [-0.2, -0.15) is 0 Å². The van der Waals surface area contributed by atoms with E-state index in [0.717, 1.165) is 29.2 Å². The van der Waals surface area contributed by atoms with Crippen molar-refractivity contribution < 1.29 is 19.2 Å². The molecular weight excluding hydrogens is 352 g/mol. The van der Waals surface area contributed by atoms with Gasteiger partial charge in [0.2, 0.25) is 0 Å². The highest BCUT2D eigenvalue weighted by atomic mass is 35.5. The third-order valence-corrected chi connectivity index (χ3v) is 4.72. The minimum atomic E-state index is -0.186. The molecule has 0 aromatic heterocycles. The molecule has 140 valence electrons. The number of benzene rings is 2. The maximum absolute atomic E-state index is 12.4. The van der Waals surface area contributed by atoms with Crippen molar-refractivity contribution in [1.29, 1.82) is 0 Å². The van der Waals surface area contributed by atoms with Gasteiger partial charge < -0.3 is 19.7 Å². The Hall–Kier alpha value is -2.24. The van der Waals surface area contributed by atoms with Gasteiger partial charge in [-0.25, -0.2) is 0 Å². The summed E-state index contributed by atoms with van der Waals surface area (Å²) < 4.78 is 10.6. The van der Waals surface area contributed by atoms with E-state index >= 15 is 0 Å². The van der Waals surface area contributed by atoms with Crippen molar-refractivity contribution in [3.8, 4) is 11.5 Å². The van der Waals surface area contributed by atoms with Crippen LogP contribution in [-0.4, -0.2) is 39.8 Å². The molecule has 0 bridgehead atoms.